The Hall–Kier alpha value is -2.22. The van der Waals surface area contributed by atoms with E-state index in [9.17, 15) is 13.2 Å². The molecule has 7 heteroatoms. The van der Waals surface area contributed by atoms with Crippen LogP contribution in [-0.4, -0.2) is 44.9 Å². The van der Waals surface area contributed by atoms with Crippen molar-refractivity contribution in [3.05, 3.63) is 59.7 Å². The lowest BCUT2D eigenvalue weighted by molar-refractivity contribution is -0.117. The minimum absolute atomic E-state index is 0.0897. The zero-order valence-corrected chi connectivity index (χ0v) is 16.5. The van der Waals surface area contributed by atoms with Gasteiger partial charge in [0.25, 0.3) is 0 Å². The Kier molecular flexibility index (Phi) is 5.48. The lowest BCUT2D eigenvalue weighted by atomic mass is 9.82. The van der Waals surface area contributed by atoms with Gasteiger partial charge in [0, 0.05) is 18.8 Å². The van der Waals surface area contributed by atoms with Gasteiger partial charge in [0.1, 0.15) is 0 Å². The third-order valence-corrected chi connectivity index (χ3v) is 7.29. The number of carbonyl (C=O) groups excluding carboxylic acids is 1. The highest BCUT2D eigenvalue weighted by Crippen LogP contribution is 2.32. The minimum atomic E-state index is -3.59. The van der Waals surface area contributed by atoms with Gasteiger partial charge in [0.05, 0.1) is 24.0 Å². The predicted octanol–water partition coefficient (Wildman–Crippen LogP) is 2.77. The molecule has 28 heavy (non-hydrogen) atoms. The van der Waals surface area contributed by atoms with Crippen LogP contribution in [-0.2, 0) is 26.0 Å². The average molecular weight is 401 g/mol. The number of hydrogen-bond donors (Lipinski definition) is 1. The molecule has 1 amide bonds. The zero-order valence-electron chi connectivity index (χ0n) is 15.6. The average Bonchev–Trinajstić information content (AvgIpc) is 2.74. The lowest BCUT2D eigenvalue weighted by Crippen LogP contribution is -2.40. The molecule has 1 saturated heterocycles. The van der Waals surface area contributed by atoms with Crippen molar-refractivity contribution < 1.29 is 17.9 Å². The smallest absolute Gasteiger partial charge is 0.243 e. The van der Waals surface area contributed by atoms with E-state index in [0.29, 0.717) is 32.0 Å². The quantitative estimate of drug-likeness (QED) is 0.856. The molecule has 4 rings (SSSR count). The summed E-state index contributed by atoms with van der Waals surface area (Å²) in [7, 11) is -3.59. The number of amides is 1. The fourth-order valence-corrected chi connectivity index (χ4v) is 5.38. The highest BCUT2D eigenvalue weighted by atomic mass is 32.2. The molecule has 0 aromatic heterocycles. The molecule has 2 aromatic carbocycles. The first-order valence-electron chi connectivity index (χ1n) is 9.62. The minimum Gasteiger partial charge on any atom is -0.379 e. The summed E-state index contributed by atoms with van der Waals surface area (Å²) in [6.45, 7) is 1.49. The third kappa shape index (κ3) is 3.83. The van der Waals surface area contributed by atoms with E-state index in [2.05, 4.69) is 11.4 Å². The molecule has 1 aliphatic carbocycles. The van der Waals surface area contributed by atoms with Crippen molar-refractivity contribution in [3.63, 3.8) is 0 Å². The second kappa shape index (κ2) is 8.03. The molecule has 2 aliphatic rings. The van der Waals surface area contributed by atoms with E-state index in [0.717, 1.165) is 24.8 Å². The molecule has 0 unspecified atom stereocenters. The van der Waals surface area contributed by atoms with E-state index in [4.69, 9.17) is 4.74 Å². The van der Waals surface area contributed by atoms with Gasteiger partial charge in [-0.3, -0.25) is 4.79 Å². The molecule has 1 atom stereocenters. The first-order chi connectivity index (χ1) is 13.6. The van der Waals surface area contributed by atoms with E-state index in [1.165, 1.54) is 15.9 Å². The molecule has 1 aliphatic heterocycles. The maximum Gasteiger partial charge on any atom is 0.243 e. The molecule has 0 spiro atoms. The summed E-state index contributed by atoms with van der Waals surface area (Å²) in [5, 5.41) is 2.92. The van der Waals surface area contributed by atoms with Crippen molar-refractivity contribution in [3.8, 4) is 0 Å². The van der Waals surface area contributed by atoms with Crippen LogP contribution >= 0.6 is 0 Å². The summed E-state index contributed by atoms with van der Waals surface area (Å²) < 4.78 is 32.4. The van der Waals surface area contributed by atoms with Crippen LogP contribution in [0.4, 0.5) is 5.69 Å². The van der Waals surface area contributed by atoms with Crippen molar-refractivity contribution in [2.24, 2.45) is 0 Å². The zero-order chi connectivity index (χ0) is 19.6. The van der Waals surface area contributed by atoms with Gasteiger partial charge in [0.15, 0.2) is 0 Å². The van der Waals surface area contributed by atoms with Gasteiger partial charge in [0.2, 0.25) is 15.9 Å². The highest BCUT2D eigenvalue weighted by Gasteiger charge is 2.28. The number of aryl methyl sites for hydroxylation is 1. The van der Waals surface area contributed by atoms with Crippen LogP contribution < -0.4 is 5.32 Å². The van der Waals surface area contributed by atoms with Gasteiger partial charge in [-0.25, -0.2) is 8.42 Å². The molecule has 0 saturated carbocycles. The lowest BCUT2D eigenvalue weighted by Gasteiger charge is -2.26. The monoisotopic (exact) mass is 400 g/mol. The highest BCUT2D eigenvalue weighted by molar-refractivity contribution is 7.89. The van der Waals surface area contributed by atoms with Crippen LogP contribution in [0.1, 0.15) is 29.9 Å². The molecule has 1 fully saturated rings. The topological polar surface area (TPSA) is 75.7 Å². The first-order valence-corrected chi connectivity index (χ1v) is 11.1. The number of hydrogen-bond acceptors (Lipinski definition) is 4. The number of benzene rings is 2. The Balaban J connectivity index is 1.53. The van der Waals surface area contributed by atoms with Crippen LogP contribution in [0.15, 0.2) is 53.4 Å². The van der Waals surface area contributed by atoms with Crippen LogP contribution in [0, 0.1) is 0 Å². The molecule has 6 nitrogen and oxygen atoms in total. The van der Waals surface area contributed by atoms with Gasteiger partial charge < -0.3 is 10.1 Å². The predicted molar refractivity (Wildman–Crippen MR) is 107 cm³/mol. The Labute approximate surface area is 165 Å². The molecule has 0 radical (unpaired) electrons. The van der Waals surface area contributed by atoms with Crippen LogP contribution in [0.5, 0.6) is 0 Å². The molecular weight excluding hydrogens is 376 g/mol. The van der Waals surface area contributed by atoms with Crippen LogP contribution in [0.3, 0.4) is 0 Å². The Morgan fingerprint density at radius 2 is 1.86 bits per heavy atom. The Morgan fingerprint density at radius 3 is 2.68 bits per heavy atom. The number of morpholine rings is 1. The number of anilines is 1. The van der Waals surface area contributed by atoms with Gasteiger partial charge >= 0.3 is 0 Å². The fraction of sp³-hybridized carbons (Fsp3) is 0.381. The summed E-state index contributed by atoms with van der Waals surface area (Å²) in [4.78, 5) is 13.1. The summed E-state index contributed by atoms with van der Waals surface area (Å²) >= 11 is 0. The second-order valence-corrected chi connectivity index (χ2v) is 9.12. The SMILES string of the molecule is O=C(Nc1cccc(S(=O)(=O)N2CCOCC2)c1)[C@H]1CCCc2ccccc21. The summed E-state index contributed by atoms with van der Waals surface area (Å²) in [6, 6.07) is 14.5. The van der Waals surface area contributed by atoms with E-state index >= 15 is 0 Å². The Morgan fingerprint density at radius 1 is 1.07 bits per heavy atom. The van der Waals surface area contributed by atoms with E-state index in [-0.39, 0.29) is 16.7 Å². The van der Waals surface area contributed by atoms with E-state index in [1.807, 2.05) is 18.2 Å². The molecule has 1 N–H and O–H groups in total. The normalized spacial score (nSPS) is 20.4. The molecular formula is C21H24N2O4S. The van der Waals surface area contributed by atoms with E-state index in [1.54, 1.807) is 18.2 Å². The van der Waals surface area contributed by atoms with Crippen molar-refractivity contribution in [1.82, 2.24) is 4.31 Å². The number of fused-ring (bicyclic) bond motifs is 1. The number of rotatable bonds is 4. The maximum atomic E-state index is 12.9. The van der Waals surface area contributed by atoms with Gasteiger partial charge in [-0.15, -0.1) is 0 Å². The van der Waals surface area contributed by atoms with Crippen molar-refractivity contribution >= 4 is 21.6 Å². The third-order valence-electron chi connectivity index (χ3n) is 5.40. The number of ether oxygens (including phenoxy) is 1. The largest absolute Gasteiger partial charge is 0.379 e. The number of carbonyl (C=O) groups is 1. The first kappa shape index (κ1) is 19.1. The van der Waals surface area contributed by atoms with Gasteiger partial charge in [-0.1, -0.05) is 30.3 Å². The Bertz CT molecular complexity index is 968. The number of nitrogens with zero attached hydrogens (tertiary/aromatic N) is 1. The molecule has 0 bridgehead atoms. The molecule has 148 valence electrons. The van der Waals surface area contributed by atoms with Crippen molar-refractivity contribution in [1.29, 1.82) is 0 Å². The van der Waals surface area contributed by atoms with Crippen molar-refractivity contribution in [2.75, 3.05) is 31.6 Å². The number of sulfonamides is 1. The van der Waals surface area contributed by atoms with Crippen LogP contribution in [0.25, 0.3) is 0 Å². The summed E-state index contributed by atoms with van der Waals surface area (Å²) in [6.07, 6.45) is 2.77. The summed E-state index contributed by atoms with van der Waals surface area (Å²) in [5.41, 5.74) is 2.79. The summed E-state index contributed by atoms with van der Waals surface area (Å²) in [5.74, 6) is -0.294. The molecule has 1 heterocycles. The standard InChI is InChI=1S/C21H24N2O4S/c24-21(20-10-3-6-16-5-1-2-9-19(16)20)22-17-7-4-8-18(15-17)28(25,26)23-11-13-27-14-12-23/h1-2,4-5,7-9,15,20H,3,6,10-14H2,(H,22,24)/t20-/m0/s1. The van der Waals surface area contributed by atoms with Crippen molar-refractivity contribution in [2.45, 2.75) is 30.1 Å². The van der Waals surface area contributed by atoms with Crippen LogP contribution in [0.2, 0.25) is 0 Å². The fourth-order valence-electron chi connectivity index (χ4n) is 3.93. The van der Waals surface area contributed by atoms with E-state index < -0.39 is 10.0 Å². The molecule has 2 aromatic rings. The van der Waals surface area contributed by atoms with Gasteiger partial charge in [-0.2, -0.15) is 4.31 Å². The van der Waals surface area contributed by atoms with Gasteiger partial charge in [-0.05, 0) is 48.6 Å². The maximum absolute atomic E-state index is 12.9. The number of nitrogens with one attached hydrogen (secondary N) is 1. The second-order valence-electron chi connectivity index (χ2n) is 7.18.